The molecule has 2 nitrogen and oxygen atoms in total. The van der Waals surface area contributed by atoms with Gasteiger partial charge in [-0.2, -0.15) is 5.10 Å². The predicted octanol–water partition coefficient (Wildman–Crippen LogP) is 2.39. The quantitative estimate of drug-likeness (QED) is 0.749. The van der Waals surface area contributed by atoms with Crippen molar-refractivity contribution in [3.05, 3.63) is 16.9 Å². The highest BCUT2D eigenvalue weighted by Gasteiger charge is 2.17. The van der Waals surface area contributed by atoms with Crippen molar-refractivity contribution < 1.29 is 4.39 Å². The standard InChI is InChI=1S/C7H10BrFN2/c1-7(2,9)5-11-6(8)3-4-10-11/h3-4H,5H2,1-2H3. The van der Waals surface area contributed by atoms with Gasteiger partial charge in [0.15, 0.2) is 0 Å². The Morgan fingerprint density at radius 2 is 2.36 bits per heavy atom. The summed E-state index contributed by atoms with van der Waals surface area (Å²) in [4.78, 5) is 0. The Balaban J connectivity index is 2.72. The third-order valence-corrected chi connectivity index (χ3v) is 1.86. The van der Waals surface area contributed by atoms with Crippen LogP contribution in [0, 0.1) is 0 Å². The fraction of sp³-hybridized carbons (Fsp3) is 0.571. The Kier molecular flexibility index (Phi) is 2.32. The first-order valence-electron chi connectivity index (χ1n) is 3.35. The SMILES string of the molecule is CC(C)(F)Cn1nccc1Br. The van der Waals surface area contributed by atoms with E-state index in [9.17, 15) is 4.39 Å². The molecule has 0 N–H and O–H groups in total. The number of nitrogens with zero attached hydrogens (tertiary/aromatic N) is 2. The van der Waals surface area contributed by atoms with E-state index in [2.05, 4.69) is 21.0 Å². The number of alkyl halides is 1. The summed E-state index contributed by atoms with van der Waals surface area (Å²) in [5.41, 5.74) is -1.21. The van der Waals surface area contributed by atoms with Gasteiger partial charge in [0.2, 0.25) is 0 Å². The van der Waals surface area contributed by atoms with Crippen molar-refractivity contribution in [2.75, 3.05) is 0 Å². The molecule has 0 aliphatic carbocycles. The summed E-state index contributed by atoms with van der Waals surface area (Å²) < 4.78 is 15.4. The van der Waals surface area contributed by atoms with Gasteiger partial charge < -0.3 is 0 Å². The molecule has 0 amide bonds. The summed E-state index contributed by atoms with van der Waals surface area (Å²) in [6.07, 6.45) is 1.63. The molecule has 0 spiro atoms. The molecule has 0 unspecified atom stereocenters. The molecule has 0 radical (unpaired) electrons. The largest absolute Gasteiger partial charge is 0.255 e. The minimum Gasteiger partial charge on any atom is -0.255 e. The molecule has 1 aromatic heterocycles. The fourth-order valence-corrected chi connectivity index (χ4v) is 1.12. The van der Waals surface area contributed by atoms with Gasteiger partial charge in [-0.05, 0) is 35.8 Å². The van der Waals surface area contributed by atoms with E-state index in [1.807, 2.05) is 0 Å². The summed E-state index contributed by atoms with van der Waals surface area (Å²) in [6, 6.07) is 1.78. The van der Waals surface area contributed by atoms with Crippen molar-refractivity contribution in [2.45, 2.75) is 26.1 Å². The smallest absolute Gasteiger partial charge is 0.125 e. The molecular formula is C7H10BrFN2. The number of rotatable bonds is 2. The molecule has 0 saturated heterocycles. The lowest BCUT2D eigenvalue weighted by atomic mass is 10.2. The van der Waals surface area contributed by atoms with Crippen LogP contribution in [-0.4, -0.2) is 15.4 Å². The van der Waals surface area contributed by atoms with Crippen molar-refractivity contribution in [2.24, 2.45) is 0 Å². The van der Waals surface area contributed by atoms with Crippen LogP contribution < -0.4 is 0 Å². The minimum absolute atomic E-state index is 0.278. The van der Waals surface area contributed by atoms with Crippen molar-refractivity contribution in [3.8, 4) is 0 Å². The molecule has 62 valence electrons. The van der Waals surface area contributed by atoms with Crippen molar-refractivity contribution in [1.29, 1.82) is 0 Å². The Labute approximate surface area is 73.5 Å². The summed E-state index contributed by atoms with van der Waals surface area (Å²) in [5, 5.41) is 3.93. The molecule has 4 heteroatoms. The molecule has 1 aromatic rings. The van der Waals surface area contributed by atoms with E-state index in [-0.39, 0.29) is 6.54 Å². The third kappa shape index (κ3) is 2.61. The van der Waals surface area contributed by atoms with Gasteiger partial charge in [-0.1, -0.05) is 0 Å². The van der Waals surface area contributed by atoms with Crippen molar-refractivity contribution in [3.63, 3.8) is 0 Å². The van der Waals surface area contributed by atoms with Gasteiger partial charge in [0.05, 0.1) is 12.7 Å². The van der Waals surface area contributed by atoms with Crippen molar-refractivity contribution in [1.82, 2.24) is 9.78 Å². The molecule has 11 heavy (non-hydrogen) atoms. The van der Waals surface area contributed by atoms with Gasteiger partial charge in [-0.25, -0.2) is 4.39 Å². The number of hydrogen-bond donors (Lipinski definition) is 0. The summed E-state index contributed by atoms with van der Waals surface area (Å²) >= 11 is 3.25. The van der Waals surface area contributed by atoms with Gasteiger partial charge in [0, 0.05) is 0 Å². The molecule has 0 aliphatic heterocycles. The lowest BCUT2D eigenvalue weighted by molar-refractivity contribution is 0.178. The maximum Gasteiger partial charge on any atom is 0.125 e. The molecule has 1 heterocycles. The zero-order valence-electron chi connectivity index (χ0n) is 6.51. The molecule has 0 saturated carbocycles. The second kappa shape index (κ2) is 2.93. The van der Waals surface area contributed by atoms with E-state index in [0.717, 1.165) is 4.60 Å². The average molecular weight is 221 g/mol. The second-order valence-electron chi connectivity index (χ2n) is 3.03. The third-order valence-electron chi connectivity index (χ3n) is 1.19. The Morgan fingerprint density at radius 1 is 1.73 bits per heavy atom. The van der Waals surface area contributed by atoms with E-state index >= 15 is 0 Å². The maximum atomic E-state index is 13.1. The zero-order chi connectivity index (χ0) is 8.48. The minimum atomic E-state index is -1.21. The van der Waals surface area contributed by atoms with Crippen LogP contribution in [-0.2, 0) is 6.54 Å². The van der Waals surface area contributed by atoms with E-state index in [1.165, 1.54) is 13.8 Å². The van der Waals surface area contributed by atoms with E-state index < -0.39 is 5.67 Å². The van der Waals surface area contributed by atoms with E-state index in [1.54, 1.807) is 16.9 Å². The zero-order valence-corrected chi connectivity index (χ0v) is 8.10. The first-order chi connectivity index (χ1) is 4.99. The van der Waals surface area contributed by atoms with Crippen molar-refractivity contribution >= 4 is 15.9 Å². The van der Waals surface area contributed by atoms with Crippen LogP contribution >= 0.6 is 15.9 Å². The molecule has 0 aromatic carbocycles. The second-order valence-corrected chi connectivity index (χ2v) is 3.84. The van der Waals surface area contributed by atoms with Gasteiger partial charge in [0.1, 0.15) is 10.3 Å². The first-order valence-corrected chi connectivity index (χ1v) is 4.14. The lowest BCUT2D eigenvalue weighted by Crippen LogP contribution is -2.21. The number of hydrogen-bond acceptors (Lipinski definition) is 1. The average Bonchev–Trinajstić information content (AvgIpc) is 2.12. The van der Waals surface area contributed by atoms with Gasteiger partial charge in [0.25, 0.3) is 0 Å². The lowest BCUT2D eigenvalue weighted by Gasteiger charge is -2.14. The summed E-state index contributed by atoms with van der Waals surface area (Å²) in [7, 11) is 0. The predicted molar refractivity (Wildman–Crippen MR) is 45.1 cm³/mol. The van der Waals surface area contributed by atoms with E-state index in [0.29, 0.717) is 0 Å². The Morgan fingerprint density at radius 3 is 2.73 bits per heavy atom. The number of aromatic nitrogens is 2. The Bertz CT molecular complexity index is 239. The van der Waals surface area contributed by atoms with Crippen LogP contribution in [0.1, 0.15) is 13.8 Å². The Hall–Kier alpha value is -0.380. The topological polar surface area (TPSA) is 17.8 Å². The highest BCUT2D eigenvalue weighted by Crippen LogP contribution is 2.15. The van der Waals surface area contributed by atoms with Gasteiger partial charge in [-0.15, -0.1) is 0 Å². The van der Waals surface area contributed by atoms with E-state index in [4.69, 9.17) is 0 Å². The summed E-state index contributed by atoms with van der Waals surface area (Å²) in [6.45, 7) is 3.34. The molecule has 0 fully saturated rings. The monoisotopic (exact) mass is 220 g/mol. The number of halogens is 2. The summed E-state index contributed by atoms with van der Waals surface area (Å²) in [5.74, 6) is 0. The maximum absolute atomic E-state index is 13.1. The normalized spacial score (nSPS) is 12.0. The highest BCUT2D eigenvalue weighted by atomic mass is 79.9. The van der Waals surface area contributed by atoms with Crippen LogP contribution in [0.2, 0.25) is 0 Å². The highest BCUT2D eigenvalue weighted by molar-refractivity contribution is 9.10. The fourth-order valence-electron chi connectivity index (χ4n) is 0.789. The molecule has 0 atom stereocenters. The molecular weight excluding hydrogens is 211 g/mol. The van der Waals surface area contributed by atoms with Gasteiger partial charge in [-0.3, -0.25) is 4.68 Å². The van der Waals surface area contributed by atoms with Crippen LogP contribution in [0.3, 0.4) is 0 Å². The van der Waals surface area contributed by atoms with Crippen LogP contribution in [0.25, 0.3) is 0 Å². The van der Waals surface area contributed by atoms with Crippen LogP contribution in [0.5, 0.6) is 0 Å². The first kappa shape index (κ1) is 8.71. The molecule has 0 aliphatic rings. The molecule has 1 rings (SSSR count). The van der Waals surface area contributed by atoms with Crippen LogP contribution in [0.15, 0.2) is 16.9 Å². The van der Waals surface area contributed by atoms with Crippen LogP contribution in [0.4, 0.5) is 4.39 Å². The van der Waals surface area contributed by atoms with Gasteiger partial charge >= 0.3 is 0 Å². The molecule has 0 bridgehead atoms.